The number of carbonyl (C=O) groups excluding carboxylic acids is 3. The standard InChI is InChI=1S/C26H28FN3O3/c27-22-14-13-21(16-23(22)30-26(33)18-4-2-1-3-5-18)28-24(31)15-8-17-6-9-19(10-7-17)25(32)29-20-11-12-20/h6-10,13-16,18,20H,1-5,11-12H2,(H,28,31)(H,29,32)(H,30,33)/b15-8+. The zero-order valence-corrected chi connectivity index (χ0v) is 18.4. The number of hydrogen-bond donors (Lipinski definition) is 3. The third-order valence-corrected chi connectivity index (χ3v) is 5.98. The van der Waals surface area contributed by atoms with Crippen LogP contribution >= 0.6 is 0 Å². The van der Waals surface area contributed by atoms with Crippen LogP contribution in [0.25, 0.3) is 6.08 Å². The van der Waals surface area contributed by atoms with E-state index in [1.165, 1.54) is 24.3 Å². The predicted octanol–water partition coefficient (Wildman–Crippen LogP) is 4.89. The molecule has 33 heavy (non-hydrogen) atoms. The molecule has 0 spiro atoms. The zero-order chi connectivity index (χ0) is 23.2. The molecule has 2 aromatic rings. The highest BCUT2D eigenvalue weighted by Crippen LogP contribution is 2.26. The molecule has 0 heterocycles. The van der Waals surface area contributed by atoms with Crippen molar-refractivity contribution in [2.45, 2.75) is 51.0 Å². The minimum atomic E-state index is -0.543. The first-order valence-electron chi connectivity index (χ1n) is 11.5. The Morgan fingerprint density at radius 3 is 2.30 bits per heavy atom. The minimum absolute atomic E-state index is 0.0624. The van der Waals surface area contributed by atoms with Crippen molar-refractivity contribution in [3.63, 3.8) is 0 Å². The number of nitrogens with one attached hydrogen (secondary N) is 3. The maximum Gasteiger partial charge on any atom is 0.251 e. The summed E-state index contributed by atoms with van der Waals surface area (Å²) in [6, 6.07) is 11.4. The van der Waals surface area contributed by atoms with Crippen LogP contribution in [-0.2, 0) is 9.59 Å². The Morgan fingerprint density at radius 1 is 0.879 bits per heavy atom. The van der Waals surface area contributed by atoms with Gasteiger partial charge in [0, 0.05) is 29.3 Å². The van der Waals surface area contributed by atoms with Crippen molar-refractivity contribution in [2.24, 2.45) is 5.92 Å². The van der Waals surface area contributed by atoms with Crippen LogP contribution in [0, 0.1) is 11.7 Å². The molecule has 2 fully saturated rings. The van der Waals surface area contributed by atoms with E-state index in [1.54, 1.807) is 30.3 Å². The van der Waals surface area contributed by atoms with Gasteiger partial charge in [-0.2, -0.15) is 0 Å². The molecule has 0 radical (unpaired) electrons. The van der Waals surface area contributed by atoms with E-state index in [9.17, 15) is 18.8 Å². The lowest BCUT2D eigenvalue weighted by molar-refractivity contribution is -0.120. The summed E-state index contributed by atoms with van der Waals surface area (Å²) in [5.74, 6) is -1.29. The van der Waals surface area contributed by atoms with Crippen LogP contribution in [0.2, 0.25) is 0 Å². The third-order valence-electron chi connectivity index (χ3n) is 5.98. The van der Waals surface area contributed by atoms with Crippen LogP contribution in [-0.4, -0.2) is 23.8 Å². The number of amides is 3. The summed E-state index contributed by atoms with van der Waals surface area (Å²) in [4.78, 5) is 36.8. The molecule has 0 unspecified atom stereocenters. The van der Waals surface area contributed by atoms with Crippen molar-refractivity contribution in [1.29, 1.82) is 0 Å². The lowest BCUT2D eigenvalue weighted by Gasteiger charge is -2.21. The first kappa shape index (κ1) is 22.7. The second-order valence-corrected chi connectivity index (χ2v) is 8.71. The van der Waals surface area contributed by atoms with Crippen LogP contribution < -0.4 is 16.0 Å². The van der Waals surface area contributed by atoms with Gasteiger partial charge in [0.05, 0.1) is 5.69 Å². The molecular formula is C26H28FN3O3. The molecule has 0 atom stereocenters. The molecule has 3 amide bonds. The number of hydrogen-bond acceptors (Lipinski definition) is 3. The molecule has 0 bridgehead atoms. The van der Waals surface area contributed by atoms with Crippen LogP contribution in [0.4, 0.5) is 15.8 Å². The van der Waals surface area contributed by atoms with E-state index in [0.29, 0.717) is 17.3 Å². The Balaban J connectivity index is 1.33. The van der Waals surface area contributed by atoms with Crippen molar-refractivity contribution < 1.29 is 18.8 Å². The van der Waals surface area contributed by atoms with E-state index < -0.39 is 5.82 Å². The number of anilines is 2. The summed E-state index contributed by atoms with van der Waals surface area (Å²) in [6.07, 6.45) is 9.86. The lowest BCUT2D eigenvalue weighted by atomic mass is 9.88. The van der Waals surface area contributed by atoms with Crippen LogP contribution in [0.15, 0.2) is 48.5 Å². The van der Waals surface area contributed by atoms with Gasteiger partial charge in [0.2, 0.25) is 11.8 Å². The van der Waals surface area contributed by atoms with E-state index >= 15 is 0 Å². The van der Waals surface area contributed by atoms with Crippen molar-refractivity contribution >= 4 is 35.2 Å². The fraction of sp³-hybridized carbons (Fsp3) is 0.346. The summed E-state index contributed by atoms with van der Waals surface area (Å²) in [6.45, 7) is 0. The average molecular weight is 450 g/mol. The number of halogens is 1. The van der Waals surface area contributed by atoms with E-state index in [0.717, 1.165) is 50.5 Å². The highest BCUT2D eigenvalue weighted by Gasteiger charge is 2.24. The van der Waals surface area contributed by atoms with Crippen molar-refractivity contribution in [3.05, 3.63) is 65.5 Å². The van der Waals surface area contributed by atoms with Gasteiger partial charge in [-0.3, -0.25) is 14.4 Å². The molecule has 0 aromatic heterocycles. The summed E-state index contributed by atoms with van der Waals surface area (Å²) >= 11 is 0. The van der Waals surface area contributed by atoms with Crippen molar-refractivity contribution in [3.8, 4) is 0 Å². The highest BCUT2D eigenvalue weighted by molar-refractivity contribution is 6.02. The van der Waals surface area contributed by atoms with Crippen LogP contribution in [0.1, 0.15) is 60.9 Å². The molecule has 0 saturated heterocycles. The molecule has 3 N–H and O–H groups in total. The molecule has 7 heteroatoms. The van der Waals surface area contributed by atoms with Gasteiger partial charge in [-0.15, -0.1) is 0 Å². The fourth-order valence-electron chi connectivity index (χ4n) is 3.90. The number of benzene rings is 2. The molecule has 172 valence electrons. The highest BCUT2D eigenvalue weighted by atomic mass is 19.1. The molecule has 2 saturated carbocycles. The topological polar surface area (TPSA) is 87.3 Å². The predicted molar refractivity (Wildman–Crippen MR) is 126 cm³/mol. The first-order valence-corrected chi connectivity index (χ1v) is 11.5. The Labute approximate surface area is 192 Å². The van der Waals surface area contributed by atoms with E-state index in [2.05, 4.69) is 16.0 Å². The Morgan fingerprint density at radius 2 is 1.61 bits per heavy atom. The maximum absolute atomic E-state index is 14.2. The second-order valence-electron chi connectivity index (χ2n) is 8.71. The summed E-state index contributed by atoms with van der Waals surface area (Å²) < 4.78 is 14.2. The Hall–Kier alpha value is -3.48. The van der Waals surface area contributed by atoms with Gasteiger partial charge in [0.15, 0.2) is 0 Å². The van der Waals surface area contributed by atoms with E-state index in [-0.39, 0.29) is 29.3 Å². The fourth-order valence-corrected chi connectivity index (χ4v) is 3.90. The van der Waals surface area contributed by atoms with Gasteiger partial charge in [0.25, 0.3) is 5.91 Å². The monoisotopic (exact) mass is 449 g/mol. The molecule has 6 nitrogen and oxygen atoms in total. The number of rotatable bonds is 7. The summed E-state index contributed by atoms with van der Waals surface area (Å²) in [5.41, 5.74) is 1.80. The minimum Gasteiger partial charge on any atom is -0.349 e. The SMILES string of the molecule is O=C(/C=C/c1ccc(C(=O)NC2CC2)cc1)Nc1ccc(F)c(NC(=O)C2CCCCC2)c1. The summed E-state index contributed by atoms with van der Waals surface area (Å²) in [5, 5.41) is 8.28. The second kappa shape index (κ2) is 10.4. The molecule has 2 aliphatic rings. The van der Waals surface area contributed by atoms with Gasteiger partial charge < -0.3 is 16.0 Å². The van der Waals surface area contributed by atoms with Gasteiger partial charge in [-0.05, 0) is 67.7 Å². The summed E-state index contributed by atoms with van der Waals surface area (Å²) in [7, 11) is 0. The van der Waals surface area contributed by atoms with Crippen LogP contribution in [0.5, 0.6) is 0 Å². The maximum atomic E-state index is 14.2. The van der Waals surface area contributed by atoms with Crippen LogP contribution in [0.3, 0.4) is 0 Å². The first-order chi connectivity index (χ1) is 16.0. The van der Waals surface area contributed by atoms with E-state index in [4.69, 9.17) is 0 Å². The number of carbonyl (C=O) groups is 3. The quantitative estimate of drug-likeness (QED) is 0.526. The van der Waals surface area contributed by atoms with Gasteiger partial charge in [-0.1, -0.05) is 31.4 Å². The Bertz CT molecular complexity index is 1050. The molecule has 0 aliphatic heterocycles. The third kappa shape index (κ3) is 6.51. The van der Waals surface area contributed by atoms with Crippen molar-refractivity contribution in [1.82, 2.24) is 5.32 Å². The molecule has 4 rings (SSSR count). The Kier molecular flexibility index (Phi) is 7.17. The average Bonchev–Trinajstić information content (AvgIpc) is 3.65. The van der Waals surface area contributed by atoms with Gasteiger partial charge in [0.1, 0.15) is 5.82 Å². The normalized spacial score (nSPS) is 16.4. The lowest BCUT2D eigenvalue weighted by Crippen LogP contribution is -2.25. The van der Waals surface area contributed by atoms with E-state index in [1.807, 2.05) is 0 Å². The molecule has 2 aromatic carbocycles. The zero-order valence-electron chi connectivity index (χ0n) is 18.4. The largest absolute Gasteiger partial charge is 0.349 e. The molecule has 2 aliphatic carbocycles. The molecular weight excluding hydrogens is 421 g/mol. The smallest absolute Gasteiger partial charge is 0.251 e. The van der Waals surface area contributed by atoms with Gasteiger partial charge in [-0.25, -0.2) is 4.39 Å². The van der Waals surface area contributed by atoms with Crippen molar-refractivity contribution in [2.75, 3.05) is 10.6 Å². The van der Waals surface area contributed by atoms with Gasteiger partial charge >= 0.3 is 0 Å².